The van der Waals surface area contributed by atoms with Gasteiger partial charge in [-0.2, -0.15) is 0 Å². The van der Waals surface area contributed by atoms with Gasteiger partial charge in [0, 0.05) is 35.8 Å². The summed E-state index contributed by atoms with van der Waals surface area (Å²) in [4.78, 5) is 0. The first-order chi connectivity index (χ1) is 12.5. The molecule has 0 saturated carbocycles. The molecule has 0 atom stereocenters. The Morgan fingerprint density at radius 1 is 1.12 bits per heavy atom. The first-order valence-corrected chi connectivity index (χ1v) is 9.81. The Hall–Kier alpha value is -0.980. The molecule has 1 N–H and O–H groups in total. The van der Waals surface area contributed by atoms with Crippen LogP contribution >= 0.6 is 39.1 Å². The summed E-state index contributed by atoms with van der Waals surface area (Å²) in [5.41, 5.74) is 1.95. The molecule has 0 heterocycles. The van der Waals surface area contributed by atoms with Gasteiger partial charge in [-0.1, -0.05) is 29.3 Å². The van der Waals surface area contributed by atoms with Crippen molar-refractivity contribution in [1.29, 1.82) is 0 Å². The third-order valence-electron chi connectivity index (χ3n) is 3.57. The van der Waals surface area contributed by atoms with Gasteiger partial charge in [0.1, 0.15) is 6.61 Å². The molecule has 2 rings (SSSR count). The Kier molecular flexibility index (Phi) is 9.02. The van der Waals surface area contributed by atoms with Gasteiger partial charge in [-0.25, -0.2) is 0 Å². The van der Waals surface area contributed by atoms with Gasteiger partial charge in [-0.15, -0.1) is 0 Å². The molecule has 2 aromatic carbocycles. The largest absolute Gasteiger partial charge is 0.490 e. The standard InChI is InChI=1S/C19H22BrCl2NO3/c1-3-25-18-9-13(11-23-6-7-24-2)8-16(20)19(18)26-12-14-4-5-15(21)10-17(14)22/h4-5,8-10,23H,3,6-7,11-12H2,1-2H3. The zero-order valence-electron chi connectivity index (χ0n) is 14.8. The SMILES string of the molecule is CCOc1cc(CNCCOC)cc(Br)c1OCc1ccc(Cl)cc1Cl. The van der Waals surface area contributed by atoms with E-state index in [0.29, 0.717) is 47.9 Å². The van der Waals surface area contributed by atoms with Crippen LogP contribution in [0.3, 0.4) is 0 Å². The zero-order chi connectivity index (χ0) is 18.9. The second kappa shape index (κ2) is 11.0. The maximum Gasteiger partial charge on any atom is 0.175 e. The van der Waals surface area contributed by atoms with Gasteiger partial charge < -0.3 is 19.5 Å². The van der Waals surface area contributed by atoms with Gasteiger partial charge in [-0.05, 0) is 52.7 Å². The second-order valence-electron chi connectivity index (χ2n) is 5.53. The quantitative estimate of drug-likeness (QED) is 0.475. The summed E-state index contributed by atoms with van der Waals surface area (Å²) in [5, 5.41) is 4.49. The average Bonchev–Trinajstić information content (AvgIpc) is 2.60. The molecule has 142 valence electrons. The summed E-state index contributed by atoms with van der Waals surface area (Å²) in [6.45, 7) is 4.97. The van der Waals surface area contributed by atoms with Crippen molar-refractivity contribution in [2.75, 3.05) is 26.9 Å². The van der Waals surface area contributed by atoms with Gasteiger partial charge in [-0.3, -0.25) is 0 Å². The minimum Gasteiger partial charge on any atom is -0.490 e. The van der Waals surface area contributed by atoms with Crippen molar-refractivity contribution in [3.8, 4) is 11.5 Å². The monoisotopic (exact) mass is 461 g/mol. The number of methoxy groups -OCH3 is 1. The number of hydrogen-bond donors (Lipinski definition) is 1. The highest BCUT2D eigenvalue weighted by atomic mass is 79.9. The number of nitrogens with one attached hydrogen (secondary N) is 1. The first-order valence-electron chi connectivity index (χ1n) is 8.26. The maximum atomic E-state index is 6.22. The van der Waals surface area contributed by atoms with Crippen LogP contribution in [0.1, 0.15) is 18.1 Å². The van der Waals surface area contributed by atoms with E-state index in [-0.39, 0.29) is 0 Å². The number of ether oxygens (including phenoxy) is 3. The number of halogens is 3. The highest BCUT2D eigenvalue weighted by molar-refractivity contribution is 9.10. The lowest BCUT2D eigenvalue weighted by Gasteiger charge is -2.16. The molecule has 4 nitrogen and oxygen atoms in total. The summed E-state index contributed by atoms with van der Waals surface area (Å²) in [6, 6.07) is 9.34. The summed E-state index contributed by atoms with van der Waals surface area (Å²) in [6.07, 6.45) is 0. The Morgan fingerprint density at radius 2 is 1.92 bits per heavy atom. The molecule has 2 aromatic rings. The Morgan fingerprint density at radius 3 is 2.62 bits per heavy atom. The van der Waals surface area contributed by atoms with Crippen molar-refractivity contribution in [3.63, 3.8) is 0 Å². The van der Waals surface area contributed by atoms with Crippen molar-refractivity contribution in [2.24, 2.45) is 0 Å². The fourth-order valence-electron chi connectivity index (χ4n) is 2.32. The zero-order valence-corrected chi connectivity index (χ0v) is 17.9. The summed E-state index contributed by atoms with van der Waals surface area (Å²) in [7, 11) is 1.69. The van der Waals surface area contributed by atoms with Crippen molar-refractivity contribution in [1.82, 2.24) is 5.32 Å². The van der Waals surface area contributed by atoms with E-state index in [1.165, 1.54) is 0 Å². The van der Waals surface area contributed by atoms with E-state index in [9.17, 15) is 0 Å². The van der Waals surface area contributed by atoms with Crippen LogP contribution in [0.2, 0.25) is 10.0 Å². The van der Waals surface area contributed by atoms with E-state index in [2.05, 4.69) is 21.2 Å². The van der Waals surface area contributed by atoms with Crippen molar-refractivity contribution < 1.29 is 14.2 Å². The van der Waals surface area contributed by atoms with Crippen LogP contribution in [0.25, 0.3) is 0 Å². The molecule has 0 spiro atoms. The van der Waals surface area contributed by atoms with Crippen LogP contribution in [0.15, 0.2) is 34.8 Å². The number of hydrogen-bond acceptors (Lipinski definition) is 4. The normalized spacial score (nSPS) is 10.8. The average molecular weight is 463 g/mol. The van der Waals surface area contributed by atoms with Crippen LogP contribution < -0.4 is 14.8 Å². The predicted molar refractivity (Wildman–Crippen MR) is 110 cm³/mol. The fourth-order valence-corrected chi connectivity index (χ4v) is 3.39. The predicted octanol–water partition coefficient (Wildman–Crippen LogP) is 5.47. The Balaban J connectivity index is 2.13. The van der Waals surface area contributed by atoms with E-state index < -0.39 is 0 Å². The fraction of sp³-hybridized carbons (Fsp3) is 0.368. The first kappa shape index (κ1) is 21.3. The summed E-state index contributed by atoms with van der Waals surface area (Å²) in [5.74, 6) is 1.34. The highest BCUT2D eigenvalue weighted by Crippen LogP contribution is 2.38. The lowest BCUT2D eigenvalue weighted by atomic mass is 10.2. The highest BCUT2D eigenvalue weighted by Gasteiger charge is 2.13. The molecule has 26 heavy (non-hydrogen) atoms. The number of rotatable bonds is 10. The molecule has 0 unspecified atom stereocenters. The molecule has 0 bridgehead atoms. The van der Waals surface area contributed by atoms with Crippen LogP contribution in [0.4, 0.5) is 0 Å². The minimum atomic E-state index is 0.320. The second-order valence-corrected chi connectivity index (χ2v) is 7.23. The molecule has 0 saturated heterocycles. The third kappa shape index (κ3) is 6.32. The molecule has 0 aliphatic rings. The maximum absolute atomic E-state index is 6.22. The lowest BCUT2D eigenvalue weighted by molar-refractivity contribution is 0.199. The summed E-state index contributed by atoms with van der Waals surface area (Å²) < 4.78 is 17.6. The van der Waals surface area contributed by atoms with Gasteiger partial charge in [0.25, 0.3) is 0 Å². The number of benzene rings is 2. The van der Waals surface area contributed by atoms with Gasteiger partial charge in [0.2, 0.25) is 0 Å². The molecular weight excluding hydrogens is 441 g/mol. The van der Waals surface area contributed by atoms with E-state index in [1.54, 1.807) is 19.2 Å². The lowest BCUT2D eigenvalue weighted by Crippen LogP contribution is -2.18. The van der Waals surface area contributed by atoms with Crippen LogP contribution in [-0.4, -0.2) is 26.9 Å². The van der Waals surface area contributed by atoms with E-state index in [0.717, 1.165) is 22.1 Å². The van der Waals surface area contributed by atoms with Crippen molar-refractivity contribution in [3.05, 3.63) is 56.0 Å². The van der Waals surface area contributed by atoms with Crippen molar-refractivity contribution in [2.45, 2.75) is 20.1 Å². The Bertz CT molecular complexity index is 728. The smallest absolute Gasteiger partial charge is 0.175 e. The topological polar surface area (TPSA) is 39.7 Å². The van der Waals surface area contributed by atoms with Gasteiger partial charge in [0.05, 0.1) is 17.7 Å². The molecular formula is C19H22BrCl2NO3. The molecule has 0 aliphatic carbocycles. The molecule has 0 aromatic heterocycles. The van der Waals surface area contributed by atoms with Gasteiger partial charge >= 0.3 is 0 Å². The Labute approximate surface area is 172 Å². The van der Waals surface area contributed by atoms with Crippen LogP contribution in [0.5, 0.6) is 11.5 Å². The molecule has 0 radical (unpaired) electrons. The molecule has 0 amide bonds. The molecule has 0 aliphatic heterocycles. The minimum absolute atomic E-state index is 0.320. The molecule has 0 fully saturated rings. The third-order valence-corrected chi connectivity index (χ3v) is 4.74. The van der Waals surface area contributed by atoms with Crippen molar-refractivity contribution >= 4 is 39.1 Å². The summed E-state index contributed by atoms with van der Waals surface area (Å²) >= 11 is 15.7. The van der Waals surface area contributed by atoms with E-state index >= 15 is 0 Å². The van der Waals surface area contributed by atoms with Crippen LogP contribution in [0, 0.1) is 0 Å². The molecule has 7 heteroatoms. The van der Waals surface area contributed by atoms with E-state index in [1.807, 2.05) is 25.1 Å². The van der Waals surface area contributed by atoms with Gasteiger partial charge in [0.15, 0.2) is 11.5 Å². The van der Waals surface area contributed by atoms with Crippen LogP contribution in [-0.2, 0) is 17.9 Å². The van der Waals surface area contributed by atoms with E-state index in [4.69, 9.17) is 37.4 Å².